The van der Waals surface area contributed by atoms with E-state index in [9.17, 15) is 9.59 Å². The van der Waals surface area contributed by atoms with Crippen LogP contribution in [0.4, 0.5) is 0 Å². The number of aromatic nitrogens is 2. The highest BCUT2D eigenvalue weighted by Crippen LogP contribution is 2.24. The van der Waals surface area contributed by atoms with Crippen molar-refractivity contribution < 1.29 is 9.21 Å². The second kappa shape index (κ2) is 8.61. The average Bonchev–Trinajstić information content (AvgIpc) is 3.27. The lowest BCUT2D eigenvalue weighted by molar-refractivity contribution is -0.122. The summed E-state index contributed by atoms with van der Waals surface area (Å²) in [5, 5.41) is 3.51. The van der Waals surface area contributed by atoms with Crippen LogP contribution in [0, 0.1) is 6.92 Å². The Kier molecular flexibility index (Phi) is 5.76. The number of rotatable bonds is 6. The lowest BCUT2D eigenvalue weighted by atomic mass is 10.1. The van der Waals surface area contributed by atoms with Crippen LogP contribution in [0.15, 0.2) is 51.9 Å². The standard InChI is InChI=1S/C22H26N4O3/c1-16-24-18-9-4-3-8-17(18)22(28)26(16)15-21(27)23-14-19(20-10-7-13-29-20)25-11-5-2-6-12-25/h3-4,7-10,13,19H,2,5-6,11-12,14-15H2,1H3,(H,23,27). The SMILES string of the molecule is Cc1nc2ccccc2c(=O)n1CC(=O)NCC(c1ccco1)N1CCCCC1. The van der Waals surface area contributed by atoms with Crippen LogP contribution in [-0.4, -0.2) is 40.0 Å². The van der Waals surface area contributed by atoms with Gasteiger partial charge in [0.1, 0.15) is 18.1 Å². The summed E-state index contributed by atoms with van der Waals surface area (Å²) in [6.07, 6.45) is 5.22. The summed E-state index contributed by atoms with van der Waals surface area (Å²) in [7, 11) is 0. The van der Waals surface area contributed by atoms with Gasteiger partial charge in [-0.1, -0.05) is 18.6 Å². The van der Waals surface area contributed by atoms with Gasteiger partial charge in [-0.3, -0.25) is 19.1 Å². The highest BCUT2D eigenvalue weighted by atomic mass is 16.3. The molecule has 4 rings (SSSR count). The normalized spacial score (nSPS) is 16.0. The van der Waals surface area contributed by atoms with Crippen LogP contribution < -0.4 is 10.9 Å². The number of piperidine rings is 1. The fourth-order valence-corrected chi connectivity index (χ4v) is 4.00. The van der Waals surface area contributed by atoms with Gasteiger partial charge in [-0.05, 0) is 57.1 Å². The summed E-state index contributed by atoms with van der Waals surface area (Å²) >= 11 is 0. The van der Waals surface area contributed by atoms with Gasteiger partial charge in [-0.2, -0.15) is 0 Å². The molecule has 0 aliphatic carbocycles. The first-order valence-electron chi connectivity index (χ1n) is 10.1. The Bertz CT molecular complexity index is 1040. The summed E-state index contributed by atoms with van der Waals surface area (Å²) in [6, 6.07) is 11.0. The van der Waals surface area contributed by atoms with E-state index >= 15 is 0 Å². The lowest BCUT2D eigenvalue weighted by Crippen LogP contribution is -2.42. The minimum absolute atomic E-state index is 0.00166. The van der Waals surface area contributed by atoms with E-state index in [0.29, 0.717) is 23.3 Å². The average molecular weight is 394 g/mol. The number of nitrogens with zero attached hydrogens (tertiary/aromatic N) is 3. The van der Waals surface area contributed by atoms with Crippen molar-refractivity contribution in [2.24, 2.45) is 0 Å². The molecule has 1 aliphatic heterocycles. The first-order chi connectivity index (χ1) is 14.1. The van der Waals surface area contributed by atoms with Crippen molar-refractivity contribution in [1.29, 1.82) is 0 Å². The van der Waals surface area contributed by atoms with Crippen LogP contribution in [0.3, 0.4) is 0 Å². The summed E-state index contributed by atoms with van der Waals surface area (Å²) in [4.78, 5) is 32.3. The van der Waals surface area contributed by atoms with Crippen molar-refractivity contribution in [3.05, 3.63) is 64.6 Å². The maximum Gasteiger partial charge on any atom is 0.261 e. The smallest absolute Gasteiger partial charge is 0.261 e. The van der Waals surface area contributed by atoms with E-state index in [4.69, 9.17) is 4.42 Å². The Morgan fingerprint density at radius 2 is 1.97 bits per heavy atom. The van der Waals surface area contributed by atoms with Crippen molar-refractivity contribution in [2.75, 3.05) is 19.6 Å². The molecular weight excluding hydrogens is 368 g/mol. The van der Waals surface area contributed by atoms with Gasteiger partial charge in [0.2, 0.25) is 5.91 Å². The van der Waals surface area contributed by atoms with Crippen molar-refractivity contribution in [3.8, 4) is 0 Å². The third-order valence-corrected chi connectivity index (χ3v) is 5.55. The predicted octanol–water partition coefficient (Wildman–Crippen LogP) is 2.64. The number of carbonyl (C=O) groups excluding carboxylic acids is 1. The molecule has 0 bridgehead atoms. The molecular formula is C22H26N4O3. The zero-order chi connectivity index (χ0) is 20.2. The number of fused-ring (bicyclic) bond motifs is 1. The van der Waals surface area contributed by atoms with E-state index in [1.165, 1.54) is 11.0 Å². The fourth-order valence-electron chi connectivity index (χ4n) is 4.00. The Morgan fingerprint density at radius 1 is 1.17 bits per heavy atom. The molecule has 0 radical (unpaired) electrons. The van der Waals surface area contributed by atoms with Gasteiger partial charge >= 0.3 is 0 Å². The molecule has 7 heteroatoms. The Balaban J connectivity index is 1.48. The molecule has 1 atom stereocenters. The molecule has 2 aromatic heterocycles. The van der Waals surface area contributed by atoms with Gasteiger partial charge in [0.15, 0.2) is 0 Å². The van der Waals surface area contributed by atoms with Crippen LogP contribution in [0.5, 0.6) is 0 Å². The van der Waals surface area contributed by atoms with Gasteiger partial charge in [0.25, 0.3) is 5.56 Å². The molecule has 1 fully saturated rings. The van der Waals surface area contributed by atoms with Gasteiger partial charge in [0, 0.05) is 6.54 Å². The number of aryl methyl sites for hydroxylation is 1. The Labute approximate surface area is 169 Å². The van der Waals surface area contributed by atoms with Crippen molar-refractivity contribution in [3.63, 3.8) is 0 Å². The van der Waals surface area contributed by atoms with Crippen LogP contribution in [0.2, 0.25) is 0 Å². The van der Waals surface area contributed by atoms with Crippen LogP contribution >= 0.6 is 0 Å². The molecule has 7 nitrogen and oxygen atoms in total. The monoisotopic (exact) mass is 394 g/mol. The quantitative estimate of drug-likeness (QED) is 0.695. The van der Waals surface area contributed by atoms with E-state index < -0.39 is 0 Å². The molecule has 1 aliphatic rings. The molecule has 1 aromatic carbocycles. The number of furan rings is 1. The molecule has 0 saturated carbocycles. The molecule has 0 spiro atoms. The van der Waals surface area contributed by atoms with Crippen LogP contribution in [0.25, 0.3) is 10.9 Å². The summed E-state index contributed by atoms with van der Waals surface area (Å²) in [6.45, 7) is 4.14. The second-order valence-electron chi connectivity index (χ2n) is 7.50. The number of carbonyl (C=O) groups is 1. The molecule has 1 amide bonds. The highest BCUT2D eigenvalue weighted by molar-refractivity contribution is 5.79. The van der Waals surface area contributed by atoms with Gasteiger partial charge in [-0.15, -0.1) is 0 Å². The molecule has 3 aromatic rings. The number of nitrogens with one attached hydrogen (secondary N) is 1. The van der Waals surface area contributed by atoms with Crippen LogP contribution in [0.1, 0.15) is 36.9 Å². The maximum atomic E-state index is 12.8. The molecule has 152 valence electrons. The summed E-state index contributed by atoms with van der Waals surface area (Å²) in [5.74, 6) is 1.18. The number of benzene rings is 1. The van der Waals surface area contributed by atoms with E-state index in [1.807, 2.05) is 18.2 Å². The molecule has 1 N–H and O–H groups in total. The molecule has 1 saturated heterocycles. The van der Waals surface area contributed by atoms with E-state index in [1.54, 1.807) is 31.4 Å². The van der Waals surface area contributed by atoms with Gasteiger partial charge < -0.3 is 9.73 Å². The maximum absolute atomic E-state index is 12.8. The zero-order valence-corrected chi connectivity index (χ0v) is 16.6. The van der Waals surface area contributed by atoms with Gasteiger partial charge in [0.05, 0.1) is 23.2 Å². The number of amides is 1. The summed E-state index contributed by atoms with van der Waals surface area (Å²) in [5.41, 5.74) is 0.455. The second-order valence-corrected chi connectivity index (χ2v) is 7.50. The van der Waals surface area contributed by atoms with E-state index in [2.05, 4.69) is 15.2 Å². The highest BCUT2D eigenvalue weighted by Gasteiger charge is 2.25. The minimum Gasteiger partial charge on any atom is -0.468 e. The first-order valence-corrected chi connectivity index (χ1v) is 10.1. The largest absolute Gasteiger partial charge is 0.468 e. The topological polar surface area (TPSA) is 80.4 Å². The number of para-hydroxylation sites is 1. The predicted molar refractivity (Wildman–Crippen MR) is 111 cm³/mol. The van der Waals surface area contributed by atoms with E-state index in [0.717, 1.165) is 31.7 Å². The lowest BCUT2D eigenvalue weighted by Gasteiger charge is -2.33. The number of likely N-dealkylation sites (tertiary alicyclic amines) is 1. The number of hydrogen-bond donors (Lipinski definition) is 1. The molecule has 3 heterocycles. The Morgan fingerprint density at radius 3 is 2.72 bits per heavy atom. The number of hydrogen-bond acceptors (Lipinski definition) is 5. The van der Waals surface area contributed by atoms with Crippen molar-refractivity contribution in [1.82, 2.24) is 19.8 Å². The fraction of sp³-hybridized carbons (Fsp3) is 0.409. The molecule has 1 unspecified atom stereocenters. The third-order valence-electron chi connectivity index (χ3n) is 5.55. The van der Waals surface area contributed by atoms with E-state index in [-0.39, 0.29) is 24.1 Å². The van der Waals surface area contributed by atoms with Crippen LogP contribution in [-0.2, 0) is 11.3 Å². The van der Waals surface area contributed by atoms with Gasteiger partial charge in [-0.25, -0.2) is 4.98 Å². The van der Waals surface area contributed by atoms with Crippen molar-refractivity contribution in [2.45, 2.75) is 38.8 Å². The third kappa shape index (κ3) is 4.24. The summed E-state index contributed by atoms with van der Waals surface area (Å²) < 4.78 is 7.06. The minimum atomic E-state index is -0.208. The van der Waals surface area contributed by atoms with Crippen molar-refractivity contribution >= 4 is 16.8 Å². The Hall–Kier alpha value is -2.93. The first kappa shape index (κ1) is 19.4. The zero-order valence-electron chi connectivity index (χ0n) is 16.6. The molecule has 29 heavy (non-hydrogen) atoms.